The van der Waals surface area contributed by atoms with Crippen LogP contribution in [-0.2, 0) is 11.3 Å². The second-order valence-electron chi connectivity index (χ2n) is 5.86. The maximum atomic E-state index is 12.4. The minimum Gasteiger partial charge on any atom is -0.455 e. The number of hydrogen-bond donors (Lipinski definition) is 1. The Kier molecular flexibility index (Phi) is 6.42. The first-order valence-electron chi connectivity index (χ1n) is 7.93. The van der Waals surface area contributed by atoms with Crippen molar-refractivity contribution >= 4 is 5.91 Å². The summed E-state index contributed by atoms with van der Waals surface area (Å²) >= 11 is 0. The average molecular weight is 309 g/mol. The predicted molar refractivity (Wildman–Crippen MR) is 84.9 cm³/mol. The molecule has 1 aliphatic heterocycles. The zero-order valence-corrected chi connectivity index (χ0v) is 13.8. The first-order chi connectivity index (χ1) is 10.6. The number of ether oxygens (including phenoxy) is 1. The minimum absolute atomic E-state index is 0.00783. The molecule has 0 saturated carbocycles. The monoisotopic (exact) mass is 309 g/mol. The van der Waals surface area contributed by atoms with Crippen LogP contribution in [0.5, 0.6) is 0 Å². The molecule has 6 nitrogen and oxygen atoms in total. The van der Waals surface area contributed by atoms with E-state index in [9.17, 15) is 4.79 Å². The normalized spacial score (nSPS) is 16.5. The highest BCUT2D eigenvalue weighted by Crippen LogP contribution is 2.13. The number of carbonyl (C=O) groups excluding carboxylic acids is 1. The van der Waals surface area contributed by atoms with Crippen molar-refractivity contribution in [3.8, 4) is 0 Å². The second-order valence-corrected chi connectivity index (χ2v) is 5.86. The van der Waals surface area contributed by atoms with Gasteiger partial charge in [-0.05, 0) is 26.0 Å². The highest BCUT2D eigenvalue weighted by Gasteiger charge is 2.25. The van der Waals surface area contributed by atoms with Gasteiger partial charge < -0.3 is 19.4 Å². The maximum absolute atomic E-state index is 12.4. The van der Waals surface area contributed by atoms with Crippen LogP contribution in [0.3, 0.4) is 0 Å². The average Bonchev–Trinajstić information content (AvgIpc) is 3.00. The molecule has 0 radical (unpaired) electrons. The lowest BCUT2D eigenvalue weighted by Gasteiger charge is -2.36. The van der Waals surface area contributed by atoms with E-state index in [2.05, 4.69) is 24.1 Å². The van der Waals surface area contributed by atoms with E-state index in [1.165, 1.54) is 0 Å². The molecule has 0 aliphatic carbocycles. The molecule has 124 valence electrons. The van der Waals surface area contributed by atoms with Crippen LogP contribution in [0.2, 0.25) is 0 Å². The molecule has 1 fully saturated rings. The van der Waals surface area contributed by atoms with Gasteiger partial charge in [0.05, 0.1) is 13.2 Å². The Bertz CT molecular complexity index is 465. The van der Waals surface area contributed by atoms with Gasteiger partial charge in [0, 0.05) is 45.9 Å². The Balaban J connectivity index is 1.82. The summed E-state index contributed by atoms with van der Waals surface area (Å²) in [5.74, 6) is 1.20. The molecular weight excluding hydrogens is 282 g/mol. The van der Waals surface area contributed by atoms with Crippen LogP contribution >= 0.6 is 0 Å². The quantitative estimate of drug-likeness (QED) is 0.767. The molecule has 0 spiro atoms. The third-order valence-corrected chi connectivity index (χ3v) is 3.99. The van der Waals surface area contributed by atoms with Gasteiger partial charge in [-0.25, -0.2) is 0 Å². The summed E-state index contributed by atoms with van der Waals surface area (Å²) in [5, 5.41) is 3.20. The van der Waals surface area contributed by atoms with Crippen molar-refractivity contribution in [3.05, 3.63) is 23.7 Å². The van der Waals surface area contributed by atoms with Gasteiger partial charge in [0.25, 0.3) is 5.91 Å². The number of hydrogen-bond acceptors (Lipinski definition) is 5. The number of methoxy groups -OCH3 is 1. The van der Waals surface area contributed by atoms with Gasteiger partial charge in [-0.2, -0.15) is 0 Å². The standard InChI is InChI=1S/C16H27N3O3/c1-13(2)18-7-9-19(10-8-18)16(20)15-5-4-14(22-15)12-17-6-11-21-3/h4-5,13,17H,6-12H2,1-3H3. The summed E-state index contributed by atoms with van der Waals surface area (Å²) in [4.78, 5) is 16.7. The smallest absolute Gasteiger partial charge is 0.289 e. The third-order valence-electron chi connectivity index (χ3n) is 3.99. The molecule has 2 heterocycles. The summed E-state index contributed by atoms with van der Waals surface area (Å²) in [7, 11) is 1.67. The van der Waals surface area contributed by atoms with Gasteiger partial charge in [-0.1, -0.05) is 0 Å². The molecule has 22 heavy (non-hydrogen) atoms. The molecule has 0 aromatic carbocycles. The number of furan rings is 1. The second kappa shape index (κ2) is 8.31. The highest BCUT2D eigenvalue weighted by molar-refractivity contribution is 5.91. The molecule has 1 aliphatic rings. The number of nitrogens with one attached hydrogen (secondary N) is 1. The number of amides is 1. The molecule has 1 aromatic heterocycles. The van der Waals surface area contributed by atoms with Crippen LogP contribution in [0, 0.1) is 0 Å². The van der Waals surface area contributed by atoms with Gasteiger partial charge in [0.15, 0.2) is 5.76 Å². The molecule has 0 bridgehead atoms. The lowest BCUT2D eigenvalue weighted by Crippen LogP contribution is -2.50. The van der Waals surface area contributed by atoms with E-state index in [1.54, 1.807) is 13.2 Å². The van der Waals surface area contributed by atoms with Crippen LogP contribution in [0.25, 0.3) is 0 Å². The zero-order chi connectivity index (χ0) is 15.9. The number of piperazine rings is 1. The fraction of sp³-hybridized carbons (Fsp3) is 0.688. The summed E-state index contributed by atoms with van der Waals surface area (Å²) in [6.45, 7) is 9.78. The Hall–Kier alpha value is -1.37. The van der Waals surface area contributed by atoms with Crippen molar-refractivity contribution in [2.24, 2.45) is 0 Å². The molecular formula is C16H27N3O3. The van der Waals surface area contributed by atoms with Crippen molar-refractivity contribution in [1.82, 2.24) is 15.1 Å². The van der Waals surface area contributed by atoms with E-state index in [-0.39, 0.29) is 5.91 Å². The summed E-state index contributed by atoms with van der Waals surface area (Å²) < 4.78 is 10.6. The summed E-state index contributed by atoms with van der Waals surface area (Å²) in [6.07, 6.45) is 0. The van der Waals surface area contributed by atoms with Crippen LogP contribution in [0.4, 0.5) is 0 Å². The van der Waals surface area contributed by atoms with Crippen LogP contribution in [0.1, 0.15) is 30.2 Å². The Labute approximate surface area is 132 Å². The van der Waals surface area contributed by atoms with Crippen LogP contribution < -0.4 is 5.32 Å². The number of nitrogens with zero attached hydrogens (tertiary/aromatic N) is 2. The number of carbonyl (C=O) groups is 1. The minimum atomic E-state index is -0.00783. The van der Waals surface area contributed by atoms with Crippen molar-refractivity contribution in [2.45, 2.75) is 26.4 Å². The maximum Gasteiger partial charge on any atom is 0.289 e. The van der Waals surface area contributed by atoms with Crippen molar-refractivity contribution in [2.75, 3.05) is 46.4 Å². The number of rotatable bonds is 7. The summed E-state index contributed by atoms with van der Waals surface area (Å²) in [5.41, 5.74) is 0. The predicted octanol–water partition coefficient (Wildman–Crippen LogP) is 1.18. The van der Waals surface area contributed by atoms with Crippen molar-refractivity contribution in [1.29, 1.82) is 0 Å². The Morgan fingerprint density at radius 2 is 2.05 bits per heavy atom. The molecule has 1 N–H and O–H groups in total. The molecule has 2 rings (SSSR count). The first kappa shape index (κ1) is 17.0. The Morgan fingerprint density at radius 3 is 2.68 bits per heavy atom. The fourth-order valence-corrected chi connectivity index (χ4v) is 2.57. The van der Waals surface area contributed by atoms with Crippen LogP contribution in [0.15, 0.2) is 16.5 Å². The molecule has 0 unspecified atom stereocenters. The van der Waals surface area contributed by atoms with Gasteiger partial charge in [-0.3, -0.25) is 9.69 Å². The lowest BCUT2D eigenvalue weighted by atomic mass is 10.2. The van der Waals surface area contributed by atoms with Crippen LogP contribution in [-0.4, -0.2) is 68.2 Å². The van der Waals surface area contributed by atoms with E-state index < -0.39 is 0 Å². The van der Waals surface area contributed by atoms with Crippen molar-refractivity contribution < 1.29 is 13.9 Å². The Morgan fingerprint density at radius 1 is 1.32 bits per heavy atom. The first-order valence-corrected chi connectivity index (χ1v) is 7.93. The molecule has 1 amide bonds. The van der Waals surface area contributed by atoms with Gasteiger partial charge in [0.2, 0.25) is 0 Å². The lowest BCUT2D eigenvalue weighted by molar-refractivity contribution is 0.0564. The summed E-state index contributed by atoms with van der Waals surface area (Å²) in [6, 6.07) is 4.16. The van der Waals surface area contributed by atoms with E-state index in [0.717, 1.165) is 38.5 Å². The highest BCUT2D eigenvalue weighted by atomic mass is 16.5. The van der Waals surface area contributed by atoms with Gasteiger partial charge in [-0.15, -0.1) is 0 Å². The molecule has 6 heteroatoms. The van der Waals surface area contributed by atoms with Gasteiger partial charge in [0.1, 0.15) is 5.76 Å². The van der Waals surface area contributed by atoms with E-state index >= 15 is 0 Å². The zero-order valence-electron chi connectivity index (χ0n) is 13.8. The molecule has 1 aromatic rings. The molecule has 0 atom stereocenters. The third kappa shape index (κ3) is 4.56. The SMILES string of the molecule is COCCNCc1ccc(C(=O)N2CCN(C(C)C)CC2)o1. The van der Waals surface area contributed by atoms with E-state index in [1.807, 2.05) is 11.0 Å². The fourth-order valence-electron chi connectivity index (χ4n) is 2.57. The van der Waals surface area contributed by atoms with E-state index in [4.69, 9.17) is 9.15 Å². The van der Waals surface area contributed by atoms with Gasteiger partial charge >= 0.3 is 0 Å². The largest absolute Gasteiger partial charge is 0.455 e. The topological polar surface area (TPSA) is 58.0 Å². The van der Waals surface area contributed by atoms with E-state index in [0.29, 0.717) is 25.0 Å². The molecule has 1 saturated heterocycles. The van der Waals surface area contributed by atoms with Crippen molar-refractivity contribution in [3.63, 3.8) is 0 Å².